The number of hydrogen-bond donors (Lipinski definition) is 1. The van der Waals surface area contributed by atoms with E-state index in [2.05, 4.69) is 19.1 Å². The Kier molecular flexibility index (Phi) is 12.8. The van der Waals surface area contributed by atoms with E-state index in [0.29, 0.717) is 0 Å². The first kappa shape index (κ1) is 17.2. The average molecular weight is 406 g/mol. The zero-order valence-electron chi connectivity index (χ0n) is 8.49. The van der Waals surface area contributed by atoms with Crippen LogP contribution in [0.3, 0.4) is 0 Å². The number of hydrogen-bond acceptors (Lipinski definition) is 3. The van der Waals surface area contributed by atoms with E-state index < -0.39 is 5.05 Å². The third kappa shape index (κ3) is 7.18. The molecule has 1 aromatic carbocycles. The molecule has 0 aliphatic rings. The fourth-order valence-corrected chi connectivity index (χ4v) is 0.819. The Balaban J connectivity index is 0. The van der Waals surface area contributed by atoms with Gasteiger partial charge < -0.3 is 10.2 Å². The van der Waals surface area contributed by atoms with Crippen LogP contribution in [0.25, 0.3) is 0 Å². The number of phenolic OH excluding ortho intramolecular Hbond substituents is 1. The van der Waals surface area contributed by atoms with Crippen LogP contribution in [0.1, 0.15) is 12.5 Å². The SMILES string of the molecule is C[CH2][Hg].[Na+].[O-]C(=S)c1ccccc1O. The summed E-state index contributed by atoms with van der Waals surface area (Å²) in [5, 5.41) is 19.0. The molecular formula is C9H10HgNaO2S. The Morgan fingerprint density at radius 2 is 1.93 bits per heavy atom. The average Bonchev–Trinajstić information content (AvgIpc) is 2.06. The fourth-order valence-electron chi connectivity index (χ4n) is 0.646. The van der Waals surface area contributed by atoms with Gasteiger partial charge >= 0.3 is 66.5 Å². The first-order valence-electron chi connectivity index (χ1n) is 3.92. The number of benzene rings is 1. The van der Waals surface area contributed by atoms with E-state index in [0.717, 1.165) is 26.1 Å². The maximum atomic E-state index is 10.5. The summed E-state index contributed by atoms with van der Waals surface area (Å²) >= 11 is 5.40. The van der Waals surface area contributed by atoms with Gasteiger partial charge in [-0.2, -0.15) is 0 Å². The summed E-state index contributed by atoms with van der Waals surface area (Å²) in [7, 11) is 0. The zero-order valence-corrected chi connectivity index (χ0v) is 16.8. The molecule has 0 bridgehead atoms. The molecule has 5 heteroatoms. The normalized spacial score (nSPS) is 7.93. The smallest absolute Gasteiger partial charge is 0.864 e. The van der Waals surface area contributed by atoms with Crippen molar-refractivity contribution in [2.24, 2.45) is 0 Å². The quantitative estimate of drug-likeness (QED) is 0.452. The third-order valence-corrected chi connectivity index (χ3v) is 1.34. The molecule has 14 heavy (non-hydrogen) atoms. The van der Waals surface area contributed by atoms with Crippen molar-refractivity contribution in [2.45, 2.75) is 10.9 Å². The van der Waals surface area contributed by atoms with E-state index in [1.165, 1.54) is 16.1 Å². The summed E-state index contributed by atoms with van der Waals surface area (Å²) in [6.45, 7) is 2.21. The maximum absolute atomic E-state index is 10.5. The molecule has 1 rings (SSSR count). The van der Waals surface area contributed by atoms with Gasteiger partial charge in [0.1, 0.15) is 5.75 Å². The van der Waals surface area contributed by atoms with Crippen LogP contribution in [-0.2, 0) is 26.1 Å². The molecule has 0 fully saturated rings. The Hall–Kier alpha value is 0.845. The topological polar surface area (TPSA) is 43.3 Å². The van der Waals surface area contributed by atoms with Crippen molar-refractivity contribution in [1.29, 1.82) is 0 Å². The van der Waals surface area contributed by atoms with E-state index in [9.17, 15) is 5.11 Å². The Labute approximate surface area is 128 Å². The summed E-state index contributed by atoms with van der Waals surface area (Å²) < 4.78 is 1.44. The predicted octanol–water partition coefficient (Wildman–Crippen LogP) is -1.60. The first-order valence-corrected chi connectivity index (χ1v) is 8.21. The van der Waals surface area contributed by atoms with Crippen molar-refractivity contribution in [2.75, 3.05) is 0 Å². The summed E-state index contributed by atoms with van der Waals surface area (Å²) in [6.07, 6.45) is 0. The molecule has 0 amide bonds. The second kappa shape index (κ2) is 10.4. The largest absolute Gasteiger partial charge is 1.00 e. The second-order valence-electron chi connectivity index (χ2n) is 2.30. The van der Waals surface area contributed by atoms with Gasteiger partial charge in [0, 0.05) is 5.56 Å². The first-order chi connectivity index (χ1) is 6.13. The maximum Gasteiger partial charge on any atom is 1.00 e. The van der Waals surface area contributed by atoms with Gasteiger partial charge in [0.15, 0.2) is 0 Å². The molecule has 0 unspecified atom stereocenters. The van der Waals surface area contributed by atoms with Crippen LogP contribution in [-0.4, -0.2) is 10.2 Å². The van der Waals surface area contributed by atoms with E-state index in [4.69, 9.17) is 5.11 Å². The van der Waals surface area contributed by atoms with Crippen LogP contribution >= 0.6 is 12.2 Å². The summed E-state index contributed by atoms with van der Waals surface area (Å²) in [5.41, 5.74) is 0.192. The number of rotatable bonds is 1. The Bertz CT molecular complexity index is 281. The molecule has 0 aromatic heterocycles. The zero-order chi connectivity index (χ0) is 10.3. The predicted molar refractivity (Wildman–Crippen MR) is 50.3 cm³/mol. The van der Waals surface area contributed by atoms with E-state index in [1.807, 2.05) is 0 Å². The van der Waals surface area contributed by atoms with Crippen molar-refractivity contribution in [3.05, 3.63) is 29.8 Å². The van der Waals surface area contributed by atoms with E-state index in [1.54, 1.807) is 12.1 Å². The van der Waals surface area contributed by atoms with Gasteiger partial charge in [0.05, 0.1) is 0 Å². The summed E-state index contributed by atoms with van der Waals surface area (Å²) in [6, 6.07) is 6.21. The monoisotopic (exact) mass is 407 g/mol. The van der Waals surface area contributed by atoms with Crippen LogP contribution in [0.4, 0.5) is 0 Å². The number of para-hydroxylation sites is 1. The minimum Gasteiger partial charge on any atom is -0.864 e. The molecule has 0 radical (unpaired) electrons. The molecule has 2 nitrogen and oxygen atoms in total. The molecule has 1 aromatic rings. The Morgan fingerprint density at radius 3 is 2.21 bits per heavy atom. The van der Waals surface area contributed by atoms with Gasteiger partial charge in [-0.1, -0.05) is 30.4 Å². The van der Waals surface area contributed by atoms with Gasteiger partial charge in [-0.25, -0.2) is 0 Å². The fraction of sp³-hybridized carbons (Fsp3) is 0.222. The van der Waals surface area contributed by atoms with Crippen molar-refractivity contribution in [3.8, 4) is 5.75 Å². The minimum atomic E-state index is -0.530. The third-order valence-electron chi connectivity index (χ3n) is 1.12. The summed E-state index contributed by atoms with van der Waals surface area (Å²) in [4.78, 5) is 0. The molecular weight excluding hydrogens is 396 g/mol. The van der Waals surface area contributed by atoms with Crippen LogP contribution in [0.5, 0.6) is 5.75 Å². The van der Waals surface area contributed by atoms with Crippen LogP contribution in [0.2, 0.25) is 3.93 Å². The number of phenols is 1. The van der Waals surface area contributed by atoms with Gasteiger partial charge in [-0.15, -0.1) is 0 Å². The summed E-state index contributed by atoms with van der Waals surface area (Å²) in [5.74, 6) is -0.0532. The van der Waals surface area contributed by atoms with Crippen LogP contribution in [0.15, 0.2) is 24.3 Å². The molecule has 0 aliphatic carbocycles. The molecule has 0 saturated carbocycles. The molecule has 0 heterocycles. The van der Waals surface area contributed by atoms with Crippen LogP contribution < -0.4 is 34.7 Å². The van der Waals surface area contributed by atoms with Gasteiger partial charge in [-0.3, -0.25) is 0 Å². The van der Waals surface area contributed by atoms with Crippen molar-refractivity contribution in [1.82, 2.24) is 0 Å². The molecule has 1 N–H and O–H groups in total. The van der Waals surface area contributed by atoms with Crippen molar-refractivity contribution in [3.63, 3.8) is 0 Å². The van der Waals surface area contributed by atoms with Gasteiger partial charge in [-0.05, 0) is 11.1 Å². The Morgan fingerprint density at radius 1 is 1.50 bits per heavy atom. The molecule has 0 aliphatic heterocycles. The number of thiocarbonyl (C=S) groups is 1. The number of aromatic hydroxyl groups is 1. The van der Waals surface area contributed by atoms with Gasteiger partial charge in [0.25, 0.3) is 0 Å². The van der Waals surface area contributed by atoms with Gasteiger partial charge in [0.2, 0.25) is 0 Å². The molecule has 67 valence electrons. The molecule has 0 atom stereocenters. The van der Waals surface area contributed by atoms with E-state index >= 15 is 0 Å². The van der Waals surface area contributed by atoms with Crippen molar-refractivity contribution < 1.29 is 65.9 Å². The molecule has 0 saturated heterocycles. The molecule has 0 spiro atoms. The van der Waals surface area contributed by atoms with Crippen LogP contribution in [0, 0.1) is 0 Å². The standard InChI is InChI=1S/C7H6O2S.C2H5.Hg.Na/c8-6-4-2-1-3-5(6)7(9)10;1-2;;/h1-4,8H,(H,9,10);1H2,2H3;;/q;;;+1/p-1. The van der Waals surface area contributed by atoms with E-state index in [-0.39, 0.29) is 40.9 Å². The second-order valence-corrected chi connectivity index (χ2v) is 6.56. The minimum absolute atomic E-state index is 0. The van der Waals surface area contributed by atoms with Crippen molar-refractivity contribution >= 4 is 17.3 Å².